The molecule has 0 aromatic carbocycles. The largest absolute Gasteiger partial charge is 0.310 e. The highest BCUT2D eigenvalue weighted by Gasteiger charge is 2.20. The number of rotatable bonds is 1. The van der Waals surface area contributed by atoms with Crippen LogP contribution >= 0.6 is 0 Å². The van der Waals surface area contributed by atoms with Gasteiger partial charge in [-0.1, -0.05) is 6.07 Å². The molecule has 0 spiro atoms. The van der Waals surface area contributed by atoms with E-state index in [4.69, 9.17) is 0 Å². The van der Waals surface area contributed by atoms with Crippen molar-refractivity contribution in [2.75, 3.05) is 6.54 Å². The minimum absolute atomic E-state index is 0.393. The standard InChI is InChI=1S/C9H11FN2/c1-6-7(8-4-5-11-8)2-3-9(10)12-6/h2-3,8,11H,4-5H2,1H3/t8-/m0/s1. The van der Waals surface area contributed by atoms with Gasteiger partial charge in [0.1, 0.15) is 0 Å². The number of aryl methyl sites for hydroxylation is 1. The Hall–Kier alpha value is -0.960. The Morgan fingerprint density at radius 1 is 1.58 bits per heavy atom. The Morgan fingerprint density at radius 3 is 2.83 bits per heavy atom. The van der Waals surface area contributed by atoms with E-state index in [1.807, 2.05) is 13.0 Å². The third-order valence-electron chi connectivity index (χ3n) is 2.29. The first-order valence-electron chi connectivity index (χ1n) is 4.14. The summed E-state index contributed by atoms with van der Waals surface area (Å²) in [7, 11) is 0. The first-order valence-corrected chi connectivity index (χ1v) is 4.14. The lowest BCUT2D eigenvalue weighted by atomic mass is 9.97. The van der Waals surface area contributed by atoms with Crippen LogP contribution in [0.25, 0.3) is 0 Å². The van der Waals surface area contributed by atoms with E-state index in [1.54, 1.807) is 0 Å². The molecule has 0 saturated carbocycles. The van der Waals surface area contributed by atoms with Crippen LogP contribution < -0.4 is 5.32 Å². The van der Waals surface area contributed by atoms with E-state index in [0.717, 1.165) is 24.2 Å². The van der Waals surface area contributed by atoms with Gasteiger partial charge in [-0.15, -0.1) is 0 Å². The number of hydrogen-bond acceptors (Lipinski definition) is 2. The van der Waals surface area contributed by atoms with Gasteiger partial charge >= 0.3 is 0 Å². The molecule has 2 heterocycles. The van der Waals surface area contributed by atoms with Crippen molar-refractivity contribution in [1.82, 2.24) is 10.3 Å². The zero-order chi connectivity index (χ0) is 8.55. The van der Waals surface area contributed by atoms with E-state index in [9.17, 15) is 4.39 Å². The second-order valence-electron chi connectivity index (χ2n) is 3.10. The van der Waals surface area contributed by atoms with Crippen molar-refractivity contribution in [1.29, 1.82) is 0 Å². The van der Waals surface area contributed by atoms with Gasteiger partial charge in [0.2, 0.25) is 5.95 Å². The maximum atomic E-state index is 12.6. The molecule has 1 aliphatic heterocycles. The molecule has 64 valence electrons. The average Bonchev–Trinajstić information content (AvgIpc) is 1.91. The molecular weight excluding hydrogens is 155 g/mol. The molecule has 1 saturated heterocycles. The monoisotopic (exact) mass is 166 g/mol. The molecule has 2 rings (SSSR count). The summed E-state index contributed by atoms with van der Waals surface area (Å²) in [6.07, 6.45) is 1.13. The molecule has 1 aliphatic rings. The molecule has 0 unspecified atom stereocenters. The van der Waals surface area contributed by atoms with Crippen LogP contribution in [-0.2, 0) is 0 Å². The van der Waals surface area contributed by atoms with Crippen LogP contribution in [-0.4, -0.2) is 11.5 Å². The third-order valence-corrected chi connectivity index (χ3v) is 2.29. The Bertz CT molecular complexity index is 295. The second kappa shape index (κ2) is 2.83. The van der Waals surface area contributed by atoms with Gasteiger partial charge in [0, 0.05) is 11.7 Å². The SMILES string of the molecule is Cc1nc(F)ccc1[C@@H]1CCN1. The van der Waals surface area contributed by atoms with E-state index >= 15 is 0 Å². The van der Waals surface area contributed by atoms with Crippen LogP contribution in [0.5, 0.6) is 0 Å². The molecule has 1 N–H and O–H groups in total. The zero-order valence-electron chi connectivity index (χ0n) is 6.97. The van der Waals surface area contributed by atoms with Crippen molar-refractivity contribution >= 4 is 0 Å². The molecule has 0 bridgehead atoms. The number of aromatic nitrogens is 1. The van der Waals surface area contributed by atoms with Gasteiger partial charge in [-0.05, 0) is 31.5 Å². The van der Waals surface area contributed by atoms with Gasteiger partial charge < -0.3 is 5.32 Å². The third kappa shape index (κ3) is 1.20. The van der Waals surface area contributed by atoms with Crippen LogP contribution in [0, 0.1) is 12.9 Å². The van der Waals surface area contributed by atoms with Crippen molar-refractivity contribution < 1.29 is 4.39 Å². The fraction of sp³-hybridized carbons (Fsp3) is 0.444. The van der Waals surface area contributed by atoms with E-state index < -0.39 is 5.95 Å². The van der Waals surface area contributed by atoms with Gasteiger partial charge in [-0.2, -0.15) is 4.39 Å². The Balaban J connectivity index is 2.31. The maximum absolute atomic E-state index is 12.6. The van der Waals surface area contributed by atoms with Crippen LogP contribution in [0.1, 0.15) is 23.7 Å². The summed E-state index contributed by atoms with van der Waals surface area (Å²) >= 11 is 0. The fourth-order valence-electron chi connectivity index (χ4n) is 1.46. The highest BCUT2D eigenvalue weighted by atomic mass is 19.1. The molecule has 3 heteroatoms. The Kier molecular flexibility index (Phi) is 1.81. The molecule has 2 nitrogen and oxygen atoms in total. The Labute approximate surface area is 70.8 Å². The molecule has 1 fully saturated rings. The lowest BCUT2D eigenvalue weighted by Gasteiger charge is -2.28. The highest BCUT2D eigenvalue weighted by Crippen LogP contribution is 2.24. The molecule has 0 aliphatic carbocycles. The predicted molar refractivity (Wildman–Crippen MR) is 44.3 cm³/mol. The quantitative estimate of drug-likeness (QED) is 0.640. The van der Waals surface area contributed by atoms with Crippen molar-refractivity contribution in [3.05, 3.63) is 29.3 Å². The Morgan fingerprint density at radius 2 is 2.33 bits per heavy atom. The topological polar surface area (TPSA) is 24.9 Å². The molecule has 0 amide bonds. The first kappa shape index (κ1) is 7.68. The van der Waals surface area contributed by atoms with Crippen LogP contribution in [0.4, 0.5) is 4.39 Å². The molecule has 1 aromatic heterocycles. The van der Waals surface area contributed by atoms with E-state index in [1.165, 1.54) is 6.07 Å². The molecule has 12 heavy (non-hydrogen) atoms. The molecule has 0 radical (unpaired) electrons. The van der Waals surface area contributed by atoms with Gasteiger partial charge in [-0.3, -0.25) is 0 Å². The normalized spacial score (nSPS) is 22.0. The van der Waals surface area contributed by atoms with Gasteiger partial charge in [0.05, 0.1) is 0 Å². The minimum atomic E-state index is -0.393. The van der Waals surface area contributed by atoms with E-state index in [-0.39, 0.29) is 0 Å². The maximum Gasteiger partial charge on any atom is 0.213 e. The van der Waals surface area contributed by atoms with Crippen molar-refractivity contribution in [2.24, 2.45) is 0 Å². The van der Waals surface area contributed by atoms with Crippen molar-refractivity contribution in [2.45, 2.75) is 19.4 Å². The number of hydrogen-bond donors (Lipinski definition) is 1. The molecule has 1 aromatic rings. The van der Waals surface area contributed by atoms with Crippen LogP contribution in [0.3, 0.4) is 0 Å². The minimum Gasteiger partial charge on any atom is -0.310 e. The number of halogens is 1. The highest BCUT2D eigenvalue weighted by molar-refractivity contribution is 5.24. The summed E-state index contributed by atoms with van der Waals surface area (Å²) in [4.78, 5) is 3.77. The number of pyridine rings is 1. The smallest absolute Gasteiger partial charge is 0.213 e. The second-order valence-corrected chi connectivity index (χ2v) is 3.10. The summed E-state index contributed by atoms with van der Waals surface area (Å²) in [6, 6.07) is 3.63. The fourth-order valence-corrected chi connectivity index (χ4v) is 1.46. The first-order chi connectivity index (χ1) is 5.77. The summed E-state index contributed by atoms with van der Waals surface area (Å²) in [5.41, 5.74) is 1.93. The van der Waals surface area contributed by atoms with Gasteiger partial charge in [0.25, 0.3) is 0 Å². The number of nitrogens with one attached hydrogen (secondary N) is 1. The summed E-state index contributed by atoms with van der Waals surface area (Å²) in [5, 5.41) is 3.26. The molecule has 1 atom stereocenters. The van der Waals surface area contributed by atoms with Gasteiger partial charge in [-0.25, -0.2) is 4.98 Å². The van der Waals surface area contributed by atoms with E-state index in [2.05, 4.69) is 10.3 Å². The average molecular weight is 166 g/mol. The van der Waals surface area contributed by atoms with Crippen molar-refractivity contribution in [3.8, 4) is 0 Å². The summed E-state index contributed by atoms with van der Waals surface area (Å²) < 4.78 is 12.6. The van der Waals surface area contributed by atoms with Crippen LogP contribution in [0.2, 0.25) is 0 Å². The van der Waals surface area contributed by atoms with Crippen LogP contribution in [0.15, 0.2) is 12.1 Å². The van der Waals surface area contributed by atoms with E-state index in [0.29, 0.717) is 6.04 Å². The van der Waals surface area contributed by atoms with Gasteiger partial charge in [0.15, 0.2) is 0 Å². The summed E-state index contributed by atoms with van der Waals surface area (Å²) in [6.45, 7) is 2.90. The molecular formula is C9H11FN2. The summed E-state index contributed by atoms with van der Waals surface area (Å²) in [5.74, 6) is -0.393. The lowest BCUT2D eigenvalue weighted by molar-refractivity contribution is 0.379. The van der Waals surface area contributed by atoms with Crippen molar-refractivity contribution in [3.63, 3.8) is 0 Å². The number of nitrogens with zero attached hydrogens (tertiary/aromatic N) is 1. The lowest BCUT2D eigenvalue weighted by Crippen LogP contribution is -2.35. The zero-order valence-corrected chi connectivity index (χ0v) is 6.97. The predicted octanol–water partition coefficient (Wildman–Crippen LogP) is 1.56.